The van der Waals surface area contributed by atoms with Crippen LogP contribution in [-0.4, -0.2) is 40.4 Å². The Labute approximate surface area is 213 Å². The van der Waals surface area contributed by atoms with Crippen LogP contribution in [0.5, 0.6) is 0 Å². The van der Waals surface area contributed by atoms with E-state index in [1.54, 1.807) is 16.2 Å². The second kappa shape index (κ2) is 10.3. The summed E-state index contributed by atoms with van der Waals surface area (Å²) in [7, 11) is 0. The Morgan fingerprint density at radius 3 is 2.17 bits per heavy atom. The standard InChI is InChI=1S/C29H39N3O2S/c1-21(2)17-32(28(34)30-29-14-23-11-24(15-29)13-25(12-23)16-29)20-27(33)31(19-26-9-6-10-35-26)18-22-7-4-3-5-8-22/h3-10,21,23-25H,11-20H2,1-2H3,(H,30,34). The van der Waals surface area contributed by atoms with Crippen LogP contribution in [0.3, 0.4) is 0 Å². The minimum Gasteiger partial charge on any atom is -0.333 e. The molecule has 6 rings (SSSR count). The third-order valence-electron chi connectivity index (χ3n) is 8.10. The van der Waals surface area contributed by atoms with E-state index in [1.165, 1.54) is 19.3 Å². The predicted molar refractivity (Wildman–Crippen MR) is 141 cm³/mol. The summed E-state index contributed by atoms with van der Waals surface area (Å²) in [4.78, 5) is 32.1. The van der Waals surface area contributed by atoms with Gasteiger partial charge in [0.05, 0.1) is 6.54 Å². The first-order valence-electron chi connectivity index (χ1n) is 13.3. The molecule has 4 saturated carbocycles. The van der Waals surface area contributed by atoms with Crippen LogP contribution in [-0.2, 0) is 17.9 Å². The molecule has 1 aromatic carbocycles. The summed E-state index contributed by atoms with van der Waals surface area (Å²) < 4.78 is 0. The summed E-state index contributed by atoms with van der Waals surface area (Å²) >= 11 is 1.66. The molecule has 0 unspecified atom stereocenters. The SMILES string of the molecule is CC(C)CN(CC(=O)N(Cc1ccccc1)Cc1cccs1)C(=O)NC12CC3CC(CC(C3)C1)C2. The summed E-state index contributed by atoms with van der Waals surface area (Å²) in [6, 6.07) is 14.2. The average Bonchev–Trinajstić information content (AvgIpc) is 3.30. The maximum absolute atomic E-state index is 13.6. The first-order valence-corrected chi connectivity index (χ1v) is 14.2. The molecule has 4 aliphatic carbocycles. The lowest BCUT2D eigenvalue weighted by atomic mass is 9.53. The van der Waals surface area contributed by atoms with E-state index in [-0.39, 0.29) is 24.0 Å². The Hall–Kier alpha value is -2.34. The van der Waals surface area contributed by atoms with Gasteiger partial charge in [0.1, 0.15) is 6.54 Å². The van der Waals surface area contributed by atoms with Crippen LogP contribution in [0, 0.1) is 23.7 Å². The number of thiophene rings is 1. The molecule has 6 heteroatoms. The highest BCUT2D eigenvalue weighted by Gasteiger charge is 2.51. The molecule has 4 bridgehead atoms. The van der Waals surface area contributed by atoms with Gasteiger partial charge < -0.3 is 15.1 Å². The fourth-order valence-corrected chi connectivity index (χ4v) is 7.84. The molecule has 3 amide bonds. The topological polar surface area (TPSA) is 52.7 Å². The Morgan fingerprint density at radius 2 is 1.60 bits per heavy atom. The van der Waals surface area contributed by atoms with E-state index >= 15 is 0 Å². The van der Waals surface area contributed by atoms with Crippen LogP contribution < -0.4 is 5.32 Å². The van der Waals surface area contributed by atoms with Gasteiger partial charge in [-0.3, -0.25) is 4.79 Å². The maximum Gasteiger partial charge on any atom is 0.318 e. The average molecular weight is 494 g/mol. The monoisotopic (exact) mass is 493 g/mol. The lowest BCUT2D eigenvalue weighted by molar-refractivity contribution is -0.133. The number of nitrogens with one attached hydrogen (secondary N) is 1. The van der Waals surface area contributed by atoms with Crippen molar-refractivity contribution >= 4 is 23.3 Å². The number of hydrogen-bond donors (Lipinski definition) is 1. The Morgan fingerprint density at radius 1 is 0.943 bits per heavy atom. The second-order valence-corrected chi connectivity index (χ2v) is 12.7. The molecule has 1 heterocycles. The number of hydrogen-bond acceptors (Lipinski definition) is 3. The minimum absolute atomic E-state index is 0.00330. The van der Waals surface area contributed by atoms with E-state index in [1.807, 2.05) is 34.5 Å². The van der Waals surface area contributed by atoms with E-state index in [4.69, 9.17) is 0 Å². The highest BCUT2D eigenvalue weighted by atomic mass is 32.1. The number of amides is 3. The van der Waals surface area contributed by atoms with Crippen LogP contribution in [0.2, 0.25) is 0 Å². The van der Waals surface area contributed by atoms with Crippen molar-refractivity contribution in [2.24, 2.45) is 23.7 Å². The minimum atomic E-state index is -0.0511. The van der Waals surface area contributed by atoms with Crippen molar-refractivity contribution in [3.8, 4) is 0 Å². The van der Waals surface area contributed by atoms with Gasteiger partial charge in [-0.2, -0.15) is 0 Å². The normalized spacial score (nSPS) is 26.7. The number of carbonyl (C=O) groups excluding carboxylic acids is 2. The molecule has 1 aromatic heterocycles. The molecular weight excluding hydrogens is 454 g/mol. The molecule has 0 spiro atoms. The lowest BCUT2D eigenvalue weighted by Crippen LogP contribution is -2.62. The largest absolute Gasteiger partial charge is 0.333 e. The highest BCUT2D eigenvalue weighted by Crippen LogP contribution is 2.55. The first-order chi connectivity index (χ1) is 16.9. The fourth-order valence-electron chi connectivity index (χ4n) is 7.12. The van der Waals surface area contributed by atoms with Gasteiger partial charge in [-0.15, -0.1) is 11.3 Å². The summed E-state index contributed by atoms with van der Waals surface area (Å²) in [5, 5.41) is 5.53. The van der Waals surface area contributed by atoms with Gasteiger partial charge in [0.2, 0.25) is 5.91 Å². The molecule has 35 heavy (non-hydrogen) atoms. The smallest absolute Gasteiger partial charge is 0.318 e. The van der Waals surface area contributed by atoms with Crippen LogP contribution >= 0.6 is 11.3 Å². The van der Waals surface area contributed by atoms with E-state index < -0.39 is 0 Å². The van der Waals surface area contributed by atoms with Crippen LogP contribution in [0.25, 0.3) is 0 Å². The van der Waals surface area contributed by atoms with Gasteiger partial charge in [0.25, 0.3) is 0 Å². The van der Waals surface area contributed by atoms with E-state index in [2.05, 4.69) is 37.4 Å². The summed E-state index contributed by atoms with van der Waals surface area (Å²) in [5.41, 5.74) is 1.05. The third kappa shape index (κ3) is 5.91. The second-order valence-electron chi connectivity index (χ2n) is 11.7. The summed E-state index contributed by atoms with van der Waals surface area (Å²) in [6.07, 6.45) is 7.40. The van der Waals surface area contributed by atoms with Gasteiger partial charge in [-0.1, -0.05) is 50.2 Å². The van der Waals surface area contributed by atoms with Crippen molar-refractivity contribution in [2.45, 2.75) is 71.0 Å². The van der Waals surface area contributed by atoms with Gasteiger partial charge in [0, 0.05) is 23.5 Å². The van der Waals surface area contributed by atoms with E-state index in [0.29, 0.717) is 25.6 Å². The molecule has 5 nitrogen and oxygen atoms in total. The zero-order valence-electron chi connectivity index (χ0n) is 21.1. The number of benzene rings is 1. The van der Waals surface area contributed by atoms with Gasteiger partial charge in [-0.05, 0) is 79.2 Å². The van der Waals surface area contributed by atoms with Gasteiger partial charge in [0.15, 0.2) is 0 Å². The van der Waals surface area contributed by atoms with Crippen molar-refractivity contribution in [1.82, 2.24) is 15.1 Å². The molecule has 0 radical (unpaired) electrons. The number of urea groups is 1. The molecule has 4 fully saturated rings. The highest BCUT2D eigenvalue weighted by molar-refractivity contribution is 7.09. The number of carbonyl (C=O) groups is 2. The predicted octanol–water partition coefficient (Wildman–Crippen LogP) is 5.91. The Kier molecular flexibility index (Phi) is 7.19. The molecule has 0 saturated heterocycles. The number of nitrogens with zero attached hydrogens (tertiary/aromatic N) is 2. The molecule has 1 N–H and O–H groups in total. The van der Waals surface area contributed by atoms with Crippen LogP contribution in [0.1, 0.15) is 62.8 Å². The van der Waals surface area contributed by atoms with Crippen LogP contribution in [0.4, 0.5) is 4.79 Å². The maximum atomic E-state index is 13.6. The molecule has 2 aromatic rings. The summed E-state index contributed by atoms with van der Waals surface area (Å²) in [5.74, 6) is 2.62. The van der Waals surface area contributed by atoms with Gasteiger partial charge >= 0.3 is 6.03 Å². The van der Waals surface area contributed by atoms with Crippen molar-refractivity contribution in [3.05, 3.63) is 58.3 Å². The number of rotatable bonds is 9. The fraction of sp³-hybridized carbons (Fsp3) is 0.586. The Balaban J connectivity index is 1.29. The van der Waals surface area contributed by atoms with E-state index in [0.717, 1.165) is 47.5 Å². The zero-order chi connectivity index (χ0) is 24.4. The molecule has 4 aliphatic rings. The quantitative estimate of drug-likeness (QED) is 0.472. The van der Waals surface area contributed by atoms with Crippen molar-refractivity contribution in [1.29, 1.82) is 0 Å². The van der Waals surface area contributed by atoms with Crippen molar-refractivity contribution in [2.75, 3.05) is 13.1 Å². The molecule has 0 atom stereocenters. The Bertz CT molecular complexity index is 969. The third-order valence-corrected chi connectivity index (χ3v) is 8.97. The molecule has 0 aliphatic heterocycles. The first kappa shape index (κ1) is 24.4. The van der Waals surface area contributed by atoms with Crippen molar-refractivity contribution < 1.29 is 9.59 Å². The van der Waals surface area contributed by atoms with E-state index in [9.17, 15) is 9.59 Å². The zero-order valence-corrected chi connectivity index (χ0v) is 21.9. The molecule has 188 valence electrons. The van der Waals surface area contributed by atoms with Crippen molar-refractivity contribution in [3.63, 3.8) is 0 Å². The van der Waals surface area contributed by atoms with Gasteiger partial charge in [-0.25, -0.2) is 4.79 Å². The summed E-state index contributed by atoms with van der Waals surface area (Å²) in [6.45, 7) is 6.05. The molecular formula is C29H39N3O2S. The van der Waals surface area contributed by atoms with Crippen LogP contribution in [0.15, 0.2) is 47.8 Å². The lowest BCUT2D eigenvalue weighted by Gasteiger charge is -2.57.